The Labute approximate surface area is 124 Å². The summed E-state index contributed by atoms with van der Waals surface area (Å²) in [6, 6.07) is 4.77. The maximum atomic E-state index is 12.7. The molecule has 0 saturated carbocycles. The number of nitrogens with one attached hydrogen (secondary N) is 1. The number of carbonyl (C=O) groups excluding carboxylic acids is 1. The van der Waals surface area contributed by atoms with Gasteiger partial charge in [-0.2, -0.15) is 18.3 Å². The van der Waals surface area contributed by atoms with Crippen LogP contribution in [0.5, 0.6) is 0 Å². The average Bonchev–Trinajstić information content (AvgIpc) is 2.94. The molecule has 1 aromatic carbocycles. The van der Waals surface area contributed by atoms with Crippen LogP contribution in [0.2, 0.25) is 0 Å². The van der Waals surface area contributed by atoms with Gasteiger partial charge in [-0.1, -0.05) is 6.07 Å². The lowest BCUT2D eigenvalue weighted by Crippen LogP contribution is -2.42. The monoisotopic (exact) mass is 317 g/mol. The number of benzene rings is 1. The third-order valence-electron chi connectivity index (χ3n) is 2.81. The number of hydrazine groups is 2. The summed E-state index contributed by atoms with van der Waals surface area (Å²) in [7, 11) is 1.23. The number of esters is 1. The molecule has 120 valence electrons. The second-order valence-corrected chi connectivity index (χ2v) is 4.41. The van der Waals surface area contributed by atoms with E-state index in [1.807, 2.05) is 0 Å². The maximum absolute atomic E-state index is 12.7. The molecule has 0 bridgehead atoms. The van der Waals surface area contributed by atoms with Gasteiger partial charge in [-0.05, 0) is 25.1 Å². The molecule has 0 saturated heterocycles. The van der Waals surface area contributed by atoms with E-state index >= 15 is 0 Å². The first-order chi connectivity index (χ1) is 10.3. The molecule has 6 nitrogen and oxygen atoms in total. The van der Waals surface area contributed by atoms with Crippen LogP contribution < -0.4 is 10.5 Å². The van der Waals surface area contributed by atoms with E-state index in [1.165, 1.54) is 43.6 Å². The molecule has 2 rings (SSSR count). The van der Waals surface area contributed by atoms with E-state index in [2.05, 4.69) is 10.3 Å². The third kappa shape index (κ3) is 3.68. The standard InChI is InChI=1S/C13H14F3N3O3/c1-9(12(20)21-2)22-19-7-6-18(17-19)11-5-3-4-10(8-11)13(14,15)16/h3-9,17H,1-2H3. The molecule has 0 amide bonds. The van der Waals surface area contributed by atoms with E-state index in [-0.39, 0.29) is 5.69 Å². The molecule has 9 heteroatoms. The molecule has 1 aliphatic rings. The fourth-order valence-corrected chi connectivity index (χ4v) is 1.71. The van der Waals surface area contributed by atoms with Crippen molar-refractivity contribution >= 4 is 11.7 Å². The van der Waals surface area contributed by atoms with E-state index in [0.717, 1.165) is 17.3 Å². The SMILES string of the molecule is COC(=O)C(C)ON1C=CN(c2cccc(C(F)(F)F)c2)N1. The predicted octanol–water partition coefficient (Wildman–Crippen LogP) is 2.21. The van der Waals surface area contributed by atoms with Crippen molar-refractivity contribution in [1.29, 1.82) is 0 Å². The van der Waals surface area contributed by atoms with Crippen LogP contribution in [0.4, 0.5) is 18.9 Å². The van der Waals surface area contributed by atoms with E-state index in [9.17, 15) is 18.0 Å². The quantitative estimate of drug-likeness (QED) is 0.860. The Balaban J connectivity index is 2.02. The van der Waals surface area contributed by atoms with E-state index < -0.39 is 23.8 Å². The van der Waals surface area contributed by atoms with Crippen LogP contribution in [0.3, 0.4) is 0 Å². The van der Waals surface area contributed by atoms with Gasteiger partial charge in [0.2, 0.25) is 0 Å². The minimum absolute atomic E-state index is 0.267. The summed E-state index contributed by atoms with van der Waals surface area (Å²) in [6.07, 6.45) is -2.42. The molecule has 0 aromatic heterocycles. The number of hydroxylamine groups is 1. The van der Waals surface area contributed by atoms with Crippen molar-refractivity contribution < 1.29 is 27.5 Å². The van der Waals surface area contributed by atoms with Crippen LogP contribution in [-0.2, 0) is 20.5 Å². The lowest BCUT2D eigenvalue weighted by atomic mass is 10.2. The summed E-state index contributed by atoms with van der Waals surface area (Å²) < 4.78 is 42.6. The first-order valence-corrected chi connectivity index (χ1v) is 6.26. The Morgan fingerprint density at radius 2 is 2.05 bits per heavy atom. The van der Waals surface area contributed by atoms with Gasteiger partial charge in [-0.15, -0.1) is 5.53 Å². The van der Waals surface area contributed by atoms with Gasteiger partial charge in [-0.25, -0.2) is 9.63 Å². The predicted molar refractivity (Wildman–Crippen MR) is 70.6 cm³/mol. The Morgan fingerprint density at radius 3 is 2.68 bits per heavy atom. The lowest BCUT2D eigenvalue weighted by Gasteiger charge is -2.24. The summed E-state index contributed by atoms with van der Waals surface area (Å²) in [5.74, 6) is -0.576. The topological polar surface area (TPSA) is 54.0 Å². The van der Waals surface area contributed by atoms with Gasteiger partial charge in [0.15, 0.2) is 6.10 Å². The molecule has 0 aliphatic carbocycles. The van der Waals surface area contributed by atoms with Crippen molar-refractivity contribution in [1.82, 2.24) is 10.7 Å². The Morgan fingerprint density at radius 1 is 1.32 bits per heavy atom. The van der Waals surface area contributed by atoms with E-state index in [1.54, 1.807) is 0 Å². The molecule has 22 heavy (non-hydrogen) atoms. The fraction of sp³-hybridized carbons (Fsp3) is 0.308. The van der Waals surface area contributed by atoms with Gasteiger partial charge in [0.25, 0.3) is 0 Å². The van der Waals surface area contributed by atoms with Crippen molar-refractivity contribution in [2.45, 2.75) is 19.2 Å². The highest BCUT2D eigenvalue weighted by Crippen LogP contribution is 2.31. The average molecular weight is 317 g/mol. The summed E-state index contributed by atoms with van der Waals surface area (Å²) in [6.45, 7) is 1.48. The molecule has 0 radical (unpaired) electrons. The lowest BCUT2D eigenvalue weighted by molar-refractivity contribution is -0.203. The molecule has 1 aliphatic heterocycles. The molecule has 0 spiro atoms. The number of anilines is 1. The first-order valence-electron chi connectivity index (χ1n) is 6.26. The molecule has 1 heterocycles. The molecule has 1 N–H and O–H groups in total. The van der Waals surface area contributed by atoms with Gasteiger partial charge in [0, 0.05) is 6.20 Å². The molecule has 1 aromatic rings. The Hall–Kier alpha value is -2.26. The largest absolute Gasteiger partial charge is 0.467 e. The number of rotatable bonds is 4. The highest BCUT2D eigenvalue weighted by atomic mass is 19.4. The first kappa shape index (κ1) is 16.1. The second kappa shape index (κ2) is 6.24. The normalized spacial score (nSPS) is 16.0. The van der Waals surface area contributed by atoms with E-state index in [0.29, 0.717) is 0 Å². The van der Waals surface area contributed by atoms with Crippen molar-refractivity contribution in [3.8, 4) is 0 Å². The highest BCUT2D eigenvalue weighted by Gasteiger charge is 2.31. The summed E-state index contributed by atoms with van der Waals surface area (Å²) in [4.78, 5) is 16.5. The fourth-order valence-electron chi connectivity index (χ4n) is 1.71. The number of alkyl halides is 3. The number of carbonyl (C=O) groups is 1. The van der Waals surface area contributed by atoms with Crippen LogP contribution in [0.1, 0.15) is 12.5 Å². The van der Waals surface area contributed by atoms with Crippen molar-refractivity contribution in [3.63, 3.8) is 0 Å². The molecular formula is C13H14F3N3O3. The Bertz CT molecular complexity index is 577. The number of nitrogens with zero attached hydrogens (tertiary/aromatic N) is 2. The zero-order valence-electron chi connectivity index (χ0n) is 11.8. The molecular weight excluding hydrogens is 303 g/mol. The van der Waals surface area contributed by atoms with E-state index in [4.69, 9.17) is 4.84 Å². The van der Waals surface area contributed by atoms with Crippen LogP contribution in [-0.4, -0.2) is 24.4 Å². The molecule has 1 atom stereocenters. The van der Waals surface area contributed by atoms with Gasteiger partial charge >= 0.3 is 12.1 Å². The van der Waals surface area contributed by atoms with Crippen LogP contribution >= 0.6 is 0 Å². The third-order valence-corrected chi connectivity index (χ3v) is 2.81. The number of hydrogen-bond acceptors (Lipinski definition) is 6. The smallest absolute Gasteiger partial charge is 0.416 e. The zero-order valence-corrected chi connectivity index (χ0v) is 11.8. The molecule has 0 fully saturated rings. The van der Waals surface area contributed by atoms with Gasteiger partial charge in [0.05, 0.1) is 24.6 Å². The number of ether oxygens (including phenoxy) is 1. The molecule has 1 unspecified atom stereocenters. The van der Waals surface area contributed by atoms with Crippen LogP contribution in [0, 0.1) is 0 Å². The van der Waals surface area contributed by atoms with Crippen molar-refractivity contribution in [3.05, 3.63) is 42.2 Å². The van der Waals surface area contributed by atoms with Gasteiger partial charge in [0.1, 0.15) is 0 Å². The van der Waals surface area contributed by atoms with Crippen molar-refractivity contribution in [2.75, 3.05) is 12.1 Å². The van der Waals surface area contributed by atoms with Gasteiger partial charge < -0.3 is 4.74 Å². The maximum Gasteiger partial charge on any atom is 0.416 e. The summed E-state index contributed by atoms with van der Waals surface area (Å²) in [5, 5.41) is 2.42. The summed E-state index contributed by atoms with van der Waals surface area (Å²) in [5.41, 5.74) is 2.16. The van der Waals surface area contributed by atoms with Crippen molar-refractivity contribution in [2.24, 2.45) is 0 Å². The van der Waals surface area contributed by atoms with Crippen LogP contribution in [0.15, 0.2) is 36.7 Å². The highest BCUT2D eigenvalue weighted by molar-refractivity contribution is 5.73. The number of methoxy groups -OCH3 is 1. The minimum Gasteiger partial charge on any atom is -0.467 e. The Kier molecular flexibility index (Phi) is 4.57. The minimum atomic E-state index is -4.42. The van der Waals surface area contributed by atoms with Gasteiger partial charge in [-0.3, -0.25) is 5.01 Å². The number of hydrogen-bond donors (Lipinski definition) is 1. The zero-order chi connectivity index (χ0) is 16.3. The van der Waals surface area contributed by atoms with Crippen LogP contribution in [0.25, 0.3) is 0 Å². The second-order valence-electron chi connectivity index (χ2n) is 4.41. The summed E-state index contributed by atoms with van der Waals surface area (Å²) >= 11 is 0. The number of halogens is 3.